The monoisotopic (exact) mass is 275 g/mol. The van der Waals surface area contributed by atoms with Crippen LogP contribution in [0.15, 0.2) is 30.3 Å². The zero-order valence-corrected chi connectivity index (χ0v) is 12.7. The van der Waals surface area contributed by atoms with Gasteiger partial charge in [-0.3, -0.25) is 0 Å². The van der Waals surface area contributed by atoms with Crippen LogP contribution in [0.3, 0.4) is 0 Å². The van der Waals surface area contributed by atoms with Crippen LogP contribution in [0.1, 0.15) is 57.9 Å². The van der Waals surface area contributed by atoms with E-state index >= 15 is 0 Å². The second kappa shape index (κ2) is 5.86. The number of carboxylic acid groups (broad SMARTS) is 1. The van der Waals surface area contributed by atoms with Crippen LogP contribution in [0, 0.1) is 0 Å². The van der Waals surface area contributed by atoms with Gasteiger partial charge in [0.15, 0.2) is 0 Å². The maximum Gasteiger partial charge on any atom is 0.407 e. The van der Waals surface area contributed by atoms with Crippen LogP contribution in [0.25, 0.3) is 0 Å². The summed E-state index contributed by atoms with van der Waals surface area (Å²) in [5, 5.41) is 9.47. The summed E-state index contributed by atoms with van der Waals surface area (Å²) in [6, 6.07) is 10.7. The van der Waals surface area contributed by atoms with E-state index in [0.717, 1.165) is 25.7 Å². The SMILES string of the molecule is CC(C)(C)N(C(=O)O)C1CCC(c2ccccc2)CC1. The van der Waals surface area contributed by atoms with Crippen molar-refractivity contribution in [3.8, 4) is 0 Å². The van der Waals surface area contributed by atoms with E-state index in [1.54, 1.807) is 4.90 Å². The molecule has 1 aromatic rings. The molecule has 1 amide bonds. The quantitative estimate of drug-likeness (QED) is 0.863. The molecule has 1 aliphatic carbocycles. The summed E-state index contributed by atoms with van der Waals surface area (Å²) >= 11 is 0. The van der Waals surface area contributed by atoms with Crippen molar-refractivity contribution in [3.63, 3.8) is 0 Å². The van der Waals surface area contributed by atoms with Crippen LogP contribution >= 0.6 is 0 Å². The molecule has 20 heavy (non-hydrogen) atoms. The van der Waals surface area contributed by atoms with Crippen LogP contribution in [0.2, 0.25) is 0 Å². The normalized spacial score (nSPS) is 23.4. The molecule has 110 valence electrons. The lowest BCUT2D eigenvalue weighted by Gasteiger charge is -2.42. The van der Waals surface area contributed by atoms with Gasteiger partial charge >= 0.3 is 6.09 Å². The largest absolute Gasteiger partial charge is 0.465 e. The first-order chi connectivity index (χ1) is 9.39. The van der Waals surface area contributed by atoms with Crippen molar-refractivity contribution >= 4 is 6.09 Å². The van der Waals surface area contributed by atoms with Gasteiger partial charge in [-0.1, -0.05) is 30.3 Å². The molecule has 0 aliphatic heterocycles. The Kier molecular flexibility index (Phi) is 4.36. The molecule has 0 saturated heterocycles. The highest BCUT2D eigenvalue weighted by Crippen LogP contribution is 2.36. The molecule has 0 atom stereocenters. The molecular weight excluding hydrogens is 250 g/mol. The highest BCUT2D eigenvalue weighted by atomic mass is 16.4. The number of hydrogen-bond donors (Lipinski definition) is 1. The molecule has 0 bridgehead atoms. The molecule has 0 unspecified atom stereocenters. The molecule has 0 heterocycles. The van der Waals surface area contributed by atoms with E-state index < -0.39 is 6.09 Å². The fourth-order valence-corrected chi connectivity index (χ4v) is 3.38. The Morgan fingerprint density at radius 1 is 1.10 bits per heavy atom. The Bertz CT molecular complexity index is 442. The van der Waals surface area contributed by atoms with Crippen molar-refractivity contribution < 1.29 is 9.90 Å². The first-order valence-electron chi connectivity index (χ1n) is 7.47. The van der Waals surface area contributed by atoms with E-state index in [2.05, 4.69) is 24.3 Å². The van der Waals surface area contributed by atoms with Gasteiger partial charge in [-0.05, 0) is 57.9 Å². The molecule has 1 saturated carbocycles. The van der Waals surface area contributed by atoms with Gasteiger partial charge in [-0.2, -0.15) is 0 Å². The predicted octanol–water partition coefficient (Wildman–Crippen LogP) is 4.49. The van der Waals surface area contributed by atoms with Crippen LogP contribution in [0.4, 0.5) is 4.79 Å². The summed E-state index contributed by atoms with van der Waals surface area (Å²) in [4.78, 5) is 13.2. The van der Waals surface area contributed by atoms with Gasteiger partial charge in [0, 0.05) is 11.6 Å². The molecule has 1 aliphatic rings. The third kappa shape index (κ3) is 3.33. The lowest BCUT2D eigenvalue weighted by atomic mass is 9.80. The molecule has 1 N–H and O–H groups in total. The summed E-state index contributed by atoms with van der Waals surface area (Å²) in [7, 11) is 0. The number of carbonyl (C=O) groups is 1. The predicted molar refractivity (Wildman–Crippen MR) is 81.1 cm³/mol. The standard InChI is InChI=1S/C17H25NO2/c1-17(2,3)18(16(19)20)15-11-9-14(10-12-15)13-7-5-4-6-8-13/h4-8,14-15H,9-12H2,1-3H3,(H,19,20). The molecule has 1 fully saturated rings. The Morgan fingerprint density at radius 2 is 1.65 bits per heavy atom. The van der Waals surface area contributed by atoms with Crippen molar-refractivity contribution in [1.82, 2.24) is 4.90 Å². The molecule has 0 aromatic heterocycles. The lowest BCUT2D eigenvalue weighted by molar-refractivity contribution is 0.0546. The van der Waals surface area contributed by atoms with Crippen molar-refractivity contribution in [2.24, 2.45) is 0 Å². The number of rotatable bonds is 2. The minimum atomic E-state index is -0.791. The van der Waals surface area contributed by atoms with Crippen LogP contribution < -0.4 is 0 Å². The molecule has 1 aromatic carbocycles. The van der Waals surface area contributed by atoms with Gasteiger partial charge in [-0.15, -0.1) is 0 Å². The molecule has 3 heteroatoms. The molecule has 2 rings (SSSR count). The lowest BCUT2D eigenvalue weighted by Crippen LogP contribution is -2.52. The Morgan fingerprint density at radius 3 is 2.10 bits per heavy atom. The molecule has 0 spiro atoms. The first-order valence-corrected chi connectivity index (χ1v) is 7.47. The second-order valence-electron chi connectivity index (χ2n) is 6.74. The summed E-state index contributed by atoms with van der Waals surface area (Å²) in [5.74, 6) is 0.586. The number of benzene rings is 1. The zero-order chi connectivity index (χ0) is 14.8. The topological polar surface area (TPSA) is 40.5 Å². The van der Waals surface area contributed by atoms with Gasteiger partial charge in [0.05, 0.1) is 0 Å². The van der Waals surface area contributed by atoms with E-state index in [9.17, 15) is 9.90 Å². The van der Waals surface area contributed by atoms with E-state index in [-0.39, 0.29) is 11.6 Å². The maximum absolute atomic E-state index is 11.5. The van der Waals surface area contributed by atoms with Crippen molar-refractivity contribution in [3.05, 3.63) is 35.9 Å². The first kappa shape index (κ1) is 14.9. The van der Waals surface area contributed by atoms with Crippen LogP contribution in [-0.4, -0.2) is 27.7 Å². The van der Waals surface area contributed by atoms with E-state index in [1.807, 2.05) is 26.8 Å². The molecular formula is C17H25NO2. The van der Waals surface area contributed by atoms with Gasteiger partial charge in [-0.25, -0.2) is 4.79 Å². The van der Waals surface area contributed by atoms with E-state index in [1.165, 1.54) is 5.56 Å². The minimum Gasteiger partial charge on any atom is -0.465 e. The number of amides is 1. The van der Waals surface area contributed by atoms with Gasteiger partial charge in [0.2, 0.25) is 0 Å². The highest BCUT2D eigenvalue weighted by Gasteiger charge is 2.35. The van der Waals surface area contributed by atoms with Crippen molar-refractivity contribution in [2.45, 2.75) is 64.0 Å². The second-order valence-corrected chi connectivity index (χ2v) is 6.74. The Hall–Kier alpha value is -1.51. The smallest absolute Gasteiger partial charge is 0.407 e. The average molecular weight is 275 g/mol. The van der Waals surface area contributed by atoms with Gasteiger partial charge in [0.1, 0.15) is 0 Å². The van der Waals surface area contributed by atoms with Gasteiger partial charge < -0.3 is 10.0 Å². The molecule has 3 nitrogen and oxygen atoms in total. The highest BCUT2D eigenvalue weighted by molar-refractivity contribution is 5.66. The maximum atomic E-state index is 11.5. The summed E-state index contributed by atoms with van der Waals surface area (Å²) in [5.41, 5.74) is 1.07. The Balaban J connectivity index is 2.02. The average Bonchev–Trinajstić information content (AvgIpc) is 2.38. The van der Waals surface area contributed by atoms with Crippen LogP contribution in [0.5, 0.6) is 0 Å². The summed E-state index contributed by atoms with van der Waals surface area (Å²) < 4.78 is 0. The number of nitrogens with zero attached hydrogens (tertiary/aromatic N) is 1. The van der Waals surface area contributed by atoms with Crippen molar-refractivity contribution in [1.29, 1.82) is 0 Å². The third-order valence-corrected chi connectivity index (χ3v) is 4.26. The van der Waals surface area contributed by atoms with E-state index in [0.29, 0.717) is 5.92 Å². The van der Waals surface area contributed by atoms with Crippen molar-refractivity contribution in [2.75, 3.05) is 0 Å². The van der Waals surface area contributed by atoms with E-state index in [4.69, 9.17) is 0 Å². The summed E-state index contributed by atoms with van der Waals surface area (Å²) in [6.45, 7) is 5.93. The zero-order valence-electron chi connectivity index (χ0n) is 12.7. The van der Waals surface area contributed by atoms with Crippen LogP contribution in [-0.2, 0) is 0 Å². The number of hydrogen-bond acceptors (Lipinski definition) is 1. The summed E-state index contributed by atoms with van der Waals surface area (Å²) in [6.07, 6.45) is 3.29. The molecule has 0 radical (unpaired) electrons. The third-order valence-electron chi connectivity index (χ3n) is 4.26. The fraction of sp³-hybridized carbons (Fsp3) is 0.588. The fourth-order valence-electron chi connectivity index (χ4n) is 3.38. The van der Waals surface area contributed by atoms with Gasteiger partial charge in [0.25, 0.3) is 0 Å². The minimum absolute atomic E-state index is 0.160. The Labute approximate surface area is 121 Å².